The summed E-state index contributed by atoms with van der Waals surface area (Å²) in [5, 5.41) is 4.01. The third-order valence-corrected chi connectivity index (χ3v) is 4.82. The molecule has 0 aliphatic carbocycles. The van der Waals surface area contributed by atoms with Crippen molar-refractivity contribution in [1.82, 2.24) is 4.90 Å². The molecule has 0 unspecified atom stereocenters. The van der Waals surface area contributed by atoms with E-state index in [1.165, 1.54) is 5.69 Å². The Morgan fingerprint density at radius 3 is 2.23 bits per heavy atom. The molecule has 1 aliphatic heterocycles. The van der Waals surface area contributed by atoms with Crippen molar-refractivity contribution >= 4 is 37.2 Å². The average Bonchev–Trinajstić information content (AvgIpc) is 2.67. The van der Waals surface area contributed by atoms with Gasteiger partial charge in [-0.05, 0) is 23.3 Å². The molecule has 26 heavy (non-hydrogen) atoms. The molecule has 0 bridgehead atoms. The molecule has 1 saturated heterocycles. The van der Waals surface area contributed by atoms with E-state index < -0.39 is 0 Å². The molecule has 1 fully saturated rings. The van der Waals surface area contributed by atoms with Crippen LogP contribution in [0, 0.1) is 0 Å². The fraction of sp³-hybridized carbons (Fsp3) is 0.316. The van der Waals surface area contributed by atoms with Crippen molar-refractivity contribution < 1.29 is 27.2 Å². The molecule has 3 rings (SSSR count). The Morgan fingerprint density at radius 2 is 1.62 bits per heavy atom. The molecule has 0 amide bonds. The van der Waals surface area contributed by atoms with Crippen LogP contribution >= 0.6 is 0 Å². The molecule has 2 aromatic carbocycles. The van der Waals surface area contributed by atoms with Gasteiger partial charge in [-0.3, -0.25) is 0 Å². The van der Waals surface area contributed by atoms with Gasteiger partial charge in [0.2, 0.25) is 0 Å². The Kier molecular flexibility index (Phi) is 9.11. The van der Waals surface area contributed by atoms with E-state index in [0.717, 1.165) is 37.3 Å². The van der Waals surface area contributed by atoms with Crippen LogP contribution in [0.3, 0.4) is 0 Å². The van der Waals surface area contributed by atoms with Gasteiger partial charge in [0, 0.05) is 54.2 Å². The summed E-state index contributed by atoms with van der Waals surface area (Å²) < 4.78 is -0.196. The smallest absolute Gasteiger partial charge is 0.142 e. The number of oxime groups is 1. The summed E-state index contributed by atoms with van der Waals surface area (Å²) in [6, 6.07) is 18.3. The van der Waals surface area contributed by atoms with Crippen LogP contribution < -0.4 is 4.90 Å². The summed E-state index contributed by atoms with van der Waals surface area (Å²) in [7, 11) is 0. The fourth-order valence-electron chi connectivity index (χ4n) is 2.74. The first-order valence-electron chi connectivity index (χ1n) is 8.32. The number of piperazine rings is 1. The van der Waals surface area contributed by atoms with E-state index in [-0.39, 0.29) is 27.1 Å². The fourth-order valence-corrected chi connectivity index (χ4v) is 3.16. The third kappa shape index (κ3) is 6.37. The minimum absolute atomic E-state index is 0. The summed E-state index contributed by atoms with van der Waals surface area (Å²) in [6.45, 7) is 4.24. The molecule has 0 N–H and O–H groups in total. The maximum Gasteiger partial charge on any atom is 0.142 e. The van der Waals surface area contributed by atoms with E-state index in [9.17, 15) is 0 Å². The Labute approximate surface area is 181 Å². The zero-order valence-corrected chi connectivity index (χ0v) is 18.1. The van der Waals surface area contributed by atoms with E-state index in [0.29, 0.717) is 6.61 Å². The van der Waals surface area contributed by atoms with Crippen molar-refractivity contribution in [2.45, 2.75) is 11.3 Å². The molecule has 4 nitrogen and oxygen atoms in total. The molecule has 0 aromatic heterocycles. The Morgan fingerprint density at radius 1 is 0.962 bits per heavy atom. The normalized spacial score (nSPS) is 15.3. The van der Waals surface area contributed by atoms with Crippen molar-refractivity contribution in [2.24, 2.45) is 5.16 Å². The first-order valence-corrected chi connectivity index (χ1v) is 9.26. The molecule has 0 atom stereocenters. The van der Waals surface area contributed by atoms with E-state index >= 15 is 0 Å². The SMILES string of the molecule is [Au].[S-]C([S-])N1CCN(c2ccc(CO/N=C/c3ccccc3)cc2)CC1. The van der Waals surface area contributed by atoms with E-state index in [4.69, 9.17) is 30.1 Å². The van der Waals surface area contributed by atoms with Gasteiger partial charge < -0.3 is 39.9 Å². The minimum Gasteiger partial charge on any atom is -0.800 e. The standard InChI is InChI=1S/C19H23N3OS2.Au/c24-19(25)22-12-10-21(11-13-22)18-8-6-17(7-9-18)15-23-20-14-16-4-2-1-3-5-16;/h1-9,14,19,24-25H,10-13,15H2;/p-2/b20-14+;. The van der Waals surface area contributed by atoms with Gasteiger partial charge in [0.25, 0.3) is 0 Å². The second-order valence-corrected chi connectivity index (χ2v) is 7.11. The maximum absolute atomic E-state index is 5.38. The van der Waals surface area contributed by atoms with E-state index in [1.54, 1.807) is 6.21 Å². The van der Waals surface area contributed by atoms with Gasteiger partial charge in [-0.2, -0.15) is 0 Å². The molecule has 0 saturated carbocycles. The van der Waals surface area contributed by atoms with E-state index in [1.807, 2.05) is 30.3 Å². The molecular formula is C19H21AuN3OS2-2. The molecule has 2 aromatic rings. The van der Waals surface area contributed by atoms with Crippen LogP contribution in [0.2, 0.25) is 0 Å². The van der Waals surface area contributed by atoms with Crippen LogP contribution in [0.4, 0.5) is 5.69 Å². The zero-order chi connectivity index (χ0) is 17.5. The van der Waals surface area contributed by atoms with Crippen molar-refractivity contribution in [3.63, 3.8) is 0 Å². The van der Waals surface area contributed by atoms with Crippen LogP contribution in [0.15, 0.2) is 59.8 Å². The summed E-state index contributed by atoms with van der Waals surface area (Å²) in [5.41, 5.74) is 3.35. The number of hydrogen-bond acceptors (Lipinski definition) is 6. The van der Waals surface area contributed by atoms with E-state index in [2.05, 4.69) is 39.2 Å². The number of nitrogens with zero attached hydrogens (tertiary/aromatic N) is 3. The summed E-state index contributed by atoms with van der Waals surface area (Å²) in [6.07, 6.45) is 1.72. The third-order valence-electron chi connectivity index (χ3n) is 4.22. The van der Waals surface area contributed by atoms with Gasteiger partial charge in [-0.1, -0.05) is 47.6 Å². The topological polar surface area (TPSA) is 28.1 Å². The van der Waals surface area contributed by atoms with Gasteiger partial charge in [0.15, 0.2) is 0 Å². The molecule has 0 spiro atoms. The summed E-state index contributed by atoms with van der Waals surface area (Å²) in [5.74, 6) is 0. The first kappa shape index (κ1) is 21.4. The van der Waals surface area contributed by atoms with Crippen LogP contribution in [0.1, 0.15) is 11.1 Å². The van der Waals surface area contributed by atoms with Gasteiger partial charge in [0.05, 0.1) is 6.21 Å². The van der Waals surface area contributed by atoms with Gasteiger partial charge in [-0.25, -0.2) is 4.71 Å². The molecule has 1 aliphatic rings. The monoisotopic (exact) mass is 568 g/mol. The van der Waals surface area contributed by atoms with Crippen LogP contribution in [0.25, 0.3) is 0 Å². The largest absolute Gasteiger partial charge is 0.800 e. The second kappa shape index (κ2) is 11.1. The Hall–Kier alpha value is -0.890. The van der Waals surface area contributed by atoms with Crippen molar-refractivity contribution in [1.29, 1.82) is 0 Å². The quantitative estimate of drug-likeness (QED) is 0.232. The molecule has 1 heterocycles. The summed E-state index contributed by atoms with van der Waals surface area (Å²) >= 11 is 10.3. The zero-order valence-electron chi connectivity index (χ0n) is 14.3. The summed E-state index contributed by atoms with van der Waals surface area (Å²) in [4.78, 5) is 9.90. The number of rotatable bonds is 6. The van der Waals surface area contributed by atoms with Gasteiger partial charge >= 0.3 is 0 Å². The first-order chi connectivity index (χ1) is 12.2. The van der Waals surface area contributed by atoms with Gasteiger partial charge in [-0.15, -0.1) is 0 Å². The molecular weight excluding hydrogens is 547 g/mol. The average molecular weight is 568 g/mol. The van der Waals surface area contributed by atoms with Crippen molar-refractivity contribution in [3.8, 4) is 0 Å². The predicted octanol–water partition coefficient (Wildman–Crippen LogP) is 2.73. The van der Waals surface area contributed by atoms with Crippen molar-refractivity contribution in [3.05, 3.63) is 65.7 Å². The predicted molar refractivity (Wildman–Crippen MR) is 108 cm³/mol. The number of hydrogen-bond donors (Lipinski definition) is 0. The number of benzene rings is 2. The molecule has 1 radical (unpaired) electrons. The van der Waals surface area contributed by atoms with Crippen molar-refractivity contribution in [2.75, 3.05) is 31.1 Å². The molecule has 143 valence electrons. The maximum atomic E-state index is 5.38. The van der Waals surface area contributed by atoms with Crippen LogP contribution in [-0.2, 0) is 59.1 Å². The second-order valence-electron chi connectivity index (χ2n) is 5.92. The van der Waals surface area contributed by atoms with Crippen LogP contribution in [-0.4, -0.2) is 42.0 Å². The minimum atomic E-state index is -0.196. The Balaban J connectivity index is 0.00000243. The Bertz CT molecular complexity index is 675. The molecule has 7 heteroatoms. The van der Waals surface area contributed by atoms with Crippen LogP contribution in [0.5, 0.6) is 0 Å². The number of anilines is 1. The van der Waals surface area contributed by atoms with Gasteiger partial charge in [0.1, 0.15) is 6.61 Å².